The average molecular weight is 406 g/mol. The van der Waals surface area contributed by atoms with Gasteiger partial charge >= 0.3 is 5.97 Å². The van der Waals surface area contributed by atoms with Crippen molar-refractivity contribution in [3.8, 4) is 28.7 Å². The lowest BCUT2D eigenvalue weighted by atomic mass is 10.0. The first kappa shape index (κ1) is 20.4. The van der Waals surface area contributed by atoms with Crippen LogP contribution < -0.4 is 9.47 Å². The van der Waals surface area contributed by atoms with Gasteiger partial charge in [-0.25, -0.2) is 4.79 Å². The minimum Gasteiger partial charge on any atom is -0.494 e. The van der Waals surface area contributed by atoms with E-state index in [-0.39, 0.29) is 5.38 Å². The number of nitrogens with zero attached hydrogens (tertiary/aromatic N) is 1. The van der Waals surface area contributed by atoms with E-state index in [2.05, 4.69) is 0 Å². The van der Waals surface area contributed by atoms with Crippen LogP contribution in [0.1, 0.15) is 29.3 Å². The molecule has 4 nitrogen and oxygen atoms in total. The molecule has 3 rings (SSSR count). The Morgan fingerprint density at radius 2 is 1.48 bits per heavy atom. The third kappa shape index (κ3) is 5.84. The van der Waals surface area contributed by atoms with Gasteiger partial charge in [-0.3, -0.25) is 0 Å². The Bertz CT molecular complexity index is 988. The average Bonchev–Trinajstić information content (AvgIpc) is 2.74. The highest BCUT2D eigenvalue weighted by Crippen LogP contribution is 2.23. The van der Waals surface area contributed by atoms with E-state index in [0.717, 1.165) is 23.3 Å². The minimum atomic E-state index is -0.446. The van der Waals surface area contributed by atoms with Crippen LogP contribution >= 0.6 is 11.6 Å². The normalized spacial score (nSPS) is 11.3. The first-order valence-electron chi connectivity index (χ1n) is 9.25. The number of nitriles is 1. The van der Waals surface area contributed by atoms with E-state index in [0.29, 0.717) is 23.5 Å². The van der Waals surface area contributed by atoms with E-state index in [4.69, 9.17) is 26.3 Å². The smallest absolute Gasteiger partial charge is 0.343 e. The molecule has 0 heterocycles. The summed E-state index contributed by atoms with van der Waals surface area (Å²) < 4.78 is 11.0. The Kier molecular flexibility index (Phi) is 6.89. The number of halogens is 1. The second kappa shape index (κ2) is 9.77. The maximum atomic E-state index is 12.3. The lowest BCUT2D eigenvalue weighted by Crippen LogP contribution is -2.08. The number of hydrogen-bond acceptors (Lipinski definition) is 4. The van der Waals surface area contributed by atoms with Gasteiger partial charge in [0.2, 0.25) is 0 Å². The molecule has 0 fully saturated rings. The van der Waals surface area contributed by atoms with Crippen LogP contribution in [0.4, 0.5) is 0 Å². The Balaban J connectivity index is 1.61. The maximum Gasteiger partial charge on any atom is 0.343 e. The highest BCUT2D eigenvalue weighted by atomic mass is 35.5. The fraction of sp³-hybridized carbons (Fsp3) is 0.167. The fourth-order valence-electron chi connectivity index (χ4n) is 2.65. The number of alkyl halides is 1. The molecule has 29 heavy (non-hydrogen) atoms. The molecule has 0 spiro atoms. The zero-order valence-corrected chi connectivity index (χ0v) is 16.7. The highest BCUT2D eigenvalue weighted by molar-refractivity contribution is 6.20. The van der Waals surface area contributed by atoms with Crippen molar-refractivity contribution in [2.24, 2.45) is 0 Å². The van der Waals surface area contributed by atoms with Crippen molar-refractivity contribution in [1.82, 2.24) is 0 Å². The number of hydrogen-bond donors (Lipinski definition) is 0. The van der Waals surface area contributed by atoms with Gasteiger partial charge in [0.05, 0.1) is 23.8 Å². The Labute approximate surface area is 175 Å². The van der Waals surface area contributed by atoms with Crippen molar-refractivity contribution in [2.75, 3.05) is 6.61 Å². The van der Waals surface area contributed by atoms with Crippen molar-refractivity contribution in [3.63, 3.8) is 0 Å². The number of rotatable bonds is 7. The predicted octanol–water partition coefficient (Wildman–Crippen LogP) is 5.84. The molecule has 0 aromatic heterocycles. The van der Waals surface area contributed by atoms with E-state index in [1.165, 1.54) is 0 Å². The van der Waals surface area contributed by atoms with Crippen LogP contribution in [0.2, 0.25) is 0 Å². The summed E-state index contributed by atoms with van der Waals surface area (Å²) in [5.74, 6) is 0.754. The molecule has 0 amide bonds. The van der Waals surface area contributed by atoms with Crippen LogP contribution in [0.5, 0.6) is 11.5 Å². The van der Waals surface area contributed by atoms with Crippen LogP contribution in [0.3, 0.4) is 0 Å². The second-order valence-electron chi connectivity index (χ2n) is 6.55. The fourth-order valence-corrected chi connectivity index (χ4v) is 2.73. The number of benzene rings is 3. The highest BCUT2D eigenvalue weighted by Gasteiger charge is 2.09. The van der Waals surface area contributed by atoms with Crippen molar-refractivity contribution in [2.45, 2.75) is 18.7 Å². The van der Waals surface area contributed by atoms with Gasteiger partial charge in [-0.05, 0) is 73.0 Å². The quantitative estimate of drug-likeness (QED) is 0.281. The van der Waals surface area contributed by atoms with Gasteiger partial charge in [0.15, 0.2) is 0 Å². The number of ether oxygens (including phenoxy) is 2. The Hall–Kier alpha value is -3.29. The summed E-state index contributed by atoms with van der Waals surface area (Å²) in [6.45, 7) is 2.53. The predicted molar refractivity (Wildman–Crippen MR) is 113 cm³/mol. The van der Waals surface area contributed by atoms with Gasteiger partial charge in [-0.1, -0.05) is 24.3 Å². The summed E-state index contributed by atoms with van der Waals surface area (Å²) >= 11 is 5.92. The molecule has 0 saturated carbocycles. The molecule has 1 unspecified atom stereocenters. The van der Waals surface area contributed by atoms with E-state index < -0.39 is 5.97 Å². The molecule has 0 radical (unpaired) electrons. The Morgan fingerprint density at radius 3 is 2.03 bits per heavy atom. The van der Waals surface area contributed by atoms with Crippen molar-refractivity contribution in [3.05, 3.63) is 83.9 Å². The lowest BCUT2D eigenvalue weighted by Gasteiger charge is -2.09. The molecule has 0 N–H and O–H groups in total. The maximum absolute atomic E-state index is 12.3. The second-order valence-corrected chi connectivity index (χ2v) is 7.29. The summed E-state index contributed by atoms with van der Waals surface area (Å²) in [6, 6.07) is 23.4. The largest absolute Gasteiger partial charge is 0.494 e. The van der Waals surface area contributed by atoms with Gasteiger partial charge in [-0.2, -0.15) is 5.26 Å². The van der Waals surface area contributed by atoms with E-state index in [1.807, 2.05) is 49.4 Å². The van der Waals surface area contributed by atoms with Crippen LogP contribution in [0.25, 0.3) is 11.1 Å². The molecule has 0 saturated heterocycles. The molecule has 1 atom stereocenters. The van der Waals surface area contributed by atoms with Crippen LogP contribution in [0.15, 0.2) is 72.8 Å². The summed E-state index contributed by atoms with van der Waals surface area (Å²) in [5, 5.41) is 8.91. The van der Waals surface area contributed by atoms with Crippen LogP contribution in [-0.2, 0) is 0 Å². The summed E-state index contributed by atoms with van der Waals surface area (Å²) in [6.07, 6.45) is 0.795. The summed E-state index contributed by atoms with van der Waals surface area (Å²) in [5.41, 5.74) is 2.98. The van der Waals surface area contributed by atoms with Crippen molar-refractivity contribution in [1.29, 1.82) is 5.26 Å². The first-order valence-corrected chi connectivity index (χ1v) is 9.68. The number of carbonyl (C=O) groups is 1. The zero-order chi connectivity index (χ0) is 20.6. The summed E-state index contributed by atoms with van der Waals surface area (Å²) in [7, 11) is 0. The standard InChI is InChI=1S/C24H20ClNO3/c1-17(25)14-15-28-22-12-8-20(9-13-22)19-4-6-21(7-5-19)24(27)29-23-10-2-18(16-26)3-11-23/h2-13,17H,14-15H2,1H3. The molecule has 146 valence electrons. The van der Waals surface area contributed by atoms with Gasteiger partial charge in [0.25, 0.3) is 0 Å². The van der Waals surface area contributed by atoms with E-state index >= 15 is 0 Å². The third-order valence-corrected chi connectivity index (χ3v) is 4.50. The number of esters is 1. The lowest BCUT2D eigenvalue weighted by molar-refractivity contribution is 0.0735. The van der Waals surface area contributed by atoms with E-state index in [9.17, 15) is 4.79 Å². The topological polar surface area (TPSA) is 59.3 Å². The summed E-state index contributed by atoms with van der Waals surface area (Å²) in [4.78, 5) is 12.3. The molecule has 0 aliphatic heterocycles. The van der Waals surface area contributed by atoms with Gasteiger partial charge < -0.3 is 9.47 Å². The number of carbonyl (C=O) groups excluding carboxylic acids is 1. The van der Waals surface area contributed by atoms with Gasteiger partial charge in [0, 0.05) is 5.38 Å². The molecule has 0 aliphatic rings. The van der Waals surface area contributed by atoms with Crippen molar-refractivity contribution < 1.29 is 14.3 Å². The van der Waals surface area contributed by atoms with Crippen LogP contribution in [0, 0.1) is 11.3 Å². The molecule has 0 bridgehead atoms. The zero-order valence-electron chi connectivity index (χ0n) is 16.0. The van der Waals surface area contributed by atoms with Gasteiger partial charge in [-0.15, -0.1) is 11.6 Å². The van der Waals surface area contributed by atoms with E-state index in [1.54, 1.807) is 36.4 Å². The monoisotopic (exact) mass is 405 g/mol. The Morgan fingerprint density at radius 1 is 0.931 bits per heavy atom. The van der Waals surface area contributed by atoms with Crippen molar-refractivity contribution >= 4 is 17.6 Å². The molecular weight excluding hydrogens is 386 g/mol. The SMILES string of the molecule is CC(Cl)CCOc1ccc(-c2ccc(C(=O)Oc3ccc(C#N)cc3)cc2)cc1. The van der Waals surface area contributed by atoms with Crippen LogP contribution in [-0.4, -0.2) is 18.0 Å². The molecule has 3 aromatic rings. The first-order chi connectivity index (χ1) is 14.0. The molecule has 5 heteroatoms. The molecule has 3 aromatic carbocycles. The minimum absolute atomic E-state index is 0.0939. The van der Waals surface area contributed by atoms with Gasteiger partial charge in [0.1, 0.15) is 11.5 Å². The molecule has 0 aliphatic carbocycles. The molecular formula is C24H20ClNO3. The third-order valence-electron chi connectivity index (χ3n) is 4.29.